The Morgan fingerprint density at radius 3 is 3.00 bits per heavy atom. The van der Waals surface area contributed by atoms with Crippen molar-refractivity contribution in [2.45, 2.75) is 0 Å². The second kappa shape index (κ2) is 4.29. The molecule has 2 rings (SSSR count). The van der Waals surface area contributed by atoms with Crippen LogP contribution in [0.2, 0.25) is 5.02 Å². The van der Waals surface area contributed by atoms with Gasteiger partial charge in [0, 0.05) is 16.0 Å². The van der Waals surface area contributed by atoms with Crippen LogP contribution >= 0.6 is 38.9 Å². The first-order valence-corrected chi connectivity index (χ1v) is 5.83. The van der Waals surface area contributed by atoms with E-state index in [0.29, 0.717) is 16.0 Å². The molecule has 1 heterocycles. The first-order chi connectivity index (χ1) is 6.75. The number of thiazole rings is 1. The van der Waals surface area contributed by atoms with Crippen molar-refractivity contribution in [1.29, 1.82) is 0 Å². The third-order valence-corrected chi connectivity index (χ3v) is 2.95. The van der Waals surface area contributed by atoms with Crippen LogP contribution in [0.15, 0.2) is 34.2 Å². The average Bonchev–Trinajstić information content (AvgIpc) is 2.64. The molecule has 0 spiro atoms. The largest absolute Gasteiger partial charge is 0.429 e. The fourth-order valence-corrected chi connectivity index (χ4v) is 1.90. The van der Waals surface area contributed by atoms with Crippen LogP contribution < -0.4 is 4.74 Å². The first kappa shape index (κ1) is 9.96. The van der Waals surface area contributed by atoms with Gasteiger partial charge in [0.15, 0.2) is 0 Å². The van der Waals surface area contributed by atoms with Crippen LogP contribution in [0, 0.1) is 0 Å². The van der Waals surface area contributed by atoms with Crippen LogP contribution in [0.25, 0.3) is 0 Å². The smallest absolute Gasteiger partial charge is 0.278 e. The third-order valence-electron chi connectivity index (χ3n) is 1.50. The Bertz CT molecular complexity index is 432. The average molecular weight is 291 g/mol. The van der Waals surface area contributed by atoms with E-state index < -0.39 is 0 Å². The van der Waals surface area contributed by atoms with Crippen molar-refractivity contribution in [3.63, 3.8) is 0 Å². The molecule has 0 atom stereocenters. The first-order valence-electron chi connectivity index (χ1n) is 3.78. The number of benzene rings is 1. The Kier molecular flexibility index (Phi) is 3.05. The fraction of sp³-hybridized carbons (Fsp3) is 0. The van der Waals surface area contributed by atoms with Gasteiger partial charge in [-0.3, -0.25) is 0 Å². The fourth-order valence-electron chi connectivity index (χ4n) is 0.910. The summed E-state index contributed by atoms with van der Waals surface area (Å²) in [6.07, 6.45) is 1.69. The highest BCUT2D eigenvalue weighted by molar-refractivity contribution is 9.10. The van der Waals surface area contributed by atoms with Gasteiger partial charge in [0.1, 0.15) is 5.75 Å². The number of rotatable bonds is 2. The van der Waals surface area contributed by atoms with Gasteiger partial charge in [-0.15, -0.1) is 0 Å². The SMILES string of the molecule is Clc1ccc(Br)cc1Oc1nccs1. The molecule has 0 saturated heterocycles. The Hall–Kier alpha value is -0.580. The molecule has 0 aliphatic heterocycles. The number of nitrogens with zero attached hydrogens (tertiary/aromatic N) is 1. The van der Waals surface area contributed by atoms with Crippen molar-refractivity contribution in [1.82, 2.24) is 4.98 Å². The van der Waals surface area contributed by atoms with Gasteiger partial charge >= 0.3 is 0 Å². The molecular formula is C9H5BrClNOS. The van der Waals surface area contributed by atoms with Crippen LogP contribution in [-0.2, 0) is 0 Å². The minimum absolute atomic E-state index is 0.573. The van der Waals surface area contributed by atoms with Gasteiger partial charge in [0.2, 0.25) is 0 Å². The standard InChI is InChI=1S/C9H5BrClNOS/c10-6-1-2-7(11)8(5-6)13-9-12-3-4-14-9/h1-5H. The van der Waals surface area contributed by atoms with Crippen LogP contribution in [0.1, 0.15) is 0 Å². The zero-order valence-electron chi connectivity index (χ0n) is 6.91. The molecule has 1 aromatic carbocycles. The van der Waals surface area contributed by atoms with Gasteiger partial charge in [0.25, 0.3) is 5.19 Å². The van der Waals surface area contributed by atoms with Gasteiger partial charge in [-0.25, -0.2) is 4.98 Å². The highest BCUT2D eigenvalue weighted by Crippen LogP contribution is 2.32. The van der Waals surface area contributed by atoms with E-state index in [1.165, 1.54) is 11.3 Å². The number of aromatic nitrogens is 1. The maximum Gasteiger partial charge on any atom is 0.278 e. The van der Waals surface area contributed by atoms with Crippen molar-refractivity contribution in [2.75, 3.05) is 0 Å². The van der Waals surface area contributed by atoms with Crippen molar-refractivity contribution >= 4 is 38.9 Å². The number of hydrogen-bond donors (Lipinski definition) is 0. The molecular weight excluding hydrogens is 286 g/mol. The highest BCUT2D eigenvalue weighted by atomic mass is 79.9. The van der Waals surface area contributed by atoms with Crippen molar-refractivity contribution < 1.29 is 4.74 Å². The monoisotopic (exact) mass is 289 g/mol. The molecule has 2 aromatic rings. The maximum atomic E-state index is 5.94. The normalized spacial score (nSPS) is 10.1. The number of ether oxygens (including phenoxy) is 1. The molecule has 0 amide bonds. The zero-order valence-corrected chi connectivity index (χ0v) is 10.1. The molecule has 0 bridgehead atoms. The van der Waals surface area contributed by atoms with Crippen LogP contribution in [0.4, 0.5) is 0 Å². The Balaban J connectivity index is 2.28. The summed E-state index contributed by atoms with van der Waals surface area (Å²) in [6.45, 7) is 0. The predicted molar refractivity (Wildman–Crippen MR) is 61.3 cm³/mol. The van der Waals surface area contributed by atoms with E-state index >= 15 is 0 Å². The summed E-state index contributed by atoms with van der Waals surface area (Å²) in [5.74, 6) is 0.607. The minimum Gasteiger partial charge on any atom is -0.429 e. The van der Waals surface area contributed by atoms with Crippen molar-refractivity contribution in [3.8, 4) is 10.9 Å². The van der Waals surface area contributed by atoms with Crippen LogP contribution in [-0.4, -0.2) is 4.98 Å². The van der Waals surface area contributed by atoms with E-state index in [1.807, 2.05) is 17.5 Å². The van der Waals surface area contributed by atoms with Gasteiger partial charge in [-0.2, -0.15) is 0 Å². The van der Waals surface area contributed by atoms with Gasteiger partial charge in [-0.05, 0) is 18.2 Å². The van der Waals surface area contributed by atoms with Crippen LogP contribution in [0.3, 0.4) is 0 Å². The zero-order chi connectivity index (χ0) is 9.97. The summed E-state index contributed by atoms with van der Waals surface area (Å²) in [5, 5.41) is 3.01. The molecule has 14 heavy (non-hydrogen) atoms. The summed E-state index contributed by atoms with van der Waals surface area (Å²) in [4.78, 5) is 4.00. The molecule has 2 nitrogen and oxygen atoms in total. The van der Waals surface area contributed by atoms with Gasteiger partial charge in [-0.1, -0.05) is 38.9 Å². The van der Waals surface area contributed by atoms with E-state index in [1.54, 1.807) is 12.3 Å². The third kappa shape index (κ3) is 2.26. The Morgan fingerprint density at radius 1 is 1.43 bits per heavy atom. The molecule has 0 N–H and O–H groups in total. The number of halogens is 2. The van der Waals surface area contributed by atoms with E-state index in [2.05, 4.69) is 20.9 Å². The molecule has 1 aromatic heterocycles. The topological polar surface area (TPSA) is 22.1 Å². The summed E-state index contributed by atoms with van der Waals surface area (Å²) in [6, 6.07) is 5.44. The molecule has 0 fully saturated rings. The lowest BCUT2D eigenvalue weighted by molar-refractivity contribution is 0.479. The Morgan fingerprint density at radius 2 is 2.29 bits per heavy atom. The molecule has 0 radical (unpaired) electrons. The lowest BCUT2D eigenvalue weighted by Gasteiger charge is -2.03. The van der Waals surface area contributed by atoms with E-state index in [0.717, 1.165) is 4.47 Å². The predicted octanol–water partition coefficient (Wildman–Crippen LogP) is 4.35. The molecule has 0 aliphatic rings. The lowest BCUT2D eigenvalue weighted by Crippen LogP contribution is -1.83. The lowest BCUT2D eigenvalue weighted by atomic mass is 10.3. The summed E-state index contributed by atoms with van der Waals surface area (Å²) in [7, 11) is 0. The molecule has 0 unspecified atom stereocenters. The Labute approximate surface area is 98.6 Å². The molecule has 0 saturated carbocycles. The maximum absolute atomic E-state index is 5.94. The number of hydrogen-bond acceptors (Lipinski definition) is 3. The van der Waals surface area contributed by atoms with Gasteiger partial charge in [0.05, 0.1) is 5.02 Å². The van der Waals surface area contributed by atoms with E-state index in [4.69, 9.17) is 16.3 Å². The quantitative estimate of drug-likeness (QED) is 0.820. The van der Waals surface area contributed by atoms with E-state index in [9.17, 15) is 0 Å². The summed E-state index contributed by atoms with van der Waals surface area (Å²) >= 11 is 10.7. The summed E-state index contributed by atoms with van der Waals surface area (Å²) in [5.41, 5.74) is 0. The highest BCUT2D eigenvalue weighted by Gasteiger charge is 2.04. The minimum atomic E-state index is 0.573. The molecule has 5 heteroatoms. The van der Waals surface area contributed by atoms with Crippen molar-refractivity contribution in [2.24, 2.45) is 0 Å². The summed E-state index contributed by atoms with van der Waals surface area (Å²) < 4.78 is 6.40. The second-order valence-electron chi connectivity index (χ2n) is 2.47. The molecule has 0 aliphatic carbocycles. The van der Waals surface area contributed by atoms with Crippen LogP contribution in [0.5, 0.6) is 10.9 Å². The molecule has 72 valence electrons. The van der Waals surface area contributed by atoms with Crippen molar-refractivity contribution in [3.05, 3.63) is 39.3 Å². The second-order valence-corrected chi connectivity index (χ2v) is 4.65. The van der Waals surface area contributed by atoms with Gasteiger partial charge < -0.3 is 4.74 Å². The van der Waals surface area contributed by atoms with E-state index in [-0.39, 0.29) is 0 Å².